The molecule has 1 amide bonds. The third-order valence-corrected chi connectivity index (χ3v) is 2.96. The highest BCUT2D eigenvalue weighted by Gasteiger charge is 2.15. The molecule has 0 aliphatic heterocycles. The highest BCUT2D eigenvalue weighted by molar-refractivity contribution is 5.92. The Morgan fingerprint density at radius 2 is 2.05 bits per heavy atom. The summed E-state index contributed by atoms with van der Waals surface area (Å²) < 4.78 is 14.5. The molecule has 21 heavy (non-hydrogen) atoms. The lowest BCUT2D eigenvalue weighted by Crippen LogP contribution is -2.27. The zero-order valence-corrected chi connectivity index (χ0v) is 12.7. The number of anilines is 1. The highest BCUT2D eigenvalue weighted by atomic mass is 35.5. The van der Waals surface area contributed by atoms with Crippen LogP contribution in [0.15, 0.2) is 30.3 Å². The Hall–Kier alpha value is -1.92. The number of hydrogen-bond acceptors (Lipinski definition) is 3. The van der Waals surface area contributed by atoms with Gasteiger partial charge in [-0.2, -0.15) is 5.10 Å². The molecule has 0 saturated carbocycles. The van der Waals surface area contributed by atoms with E-state index >= 15 is 0 Å². The molecule has 1 atom stereocenters. The second kappa shape index (κ2) is 7.19. The molecule has 0 aliphatic rings. The second-order valence-corrected chi connectivity index (χ2v) is 4.69. The average Bonchev–Trinajstić information content (AvgIpc) is 2.79. The van der Waals surface area contributed by atoms with E-state index in [2.05, 4.69) is 10.4 Å². The number of aryl methyl sites for hydroxylation is 1. The van der Waals surface area contributed by atoms with Crippen molar-refractivity contribution < 1.29 is 9.18 Å². The summed E-state index contributed by atoms with van der Waals surface area (Å²) in [7, 11) is 0. The number of carbonyl (C=O) groups excluding carboxylic acids is 1. The minimum atomic E-state index is -0.319. The van der Waals surface area contributed by atoms with Crippen LogP contribution in [0.5, 0.6) is 0 Å². The second-order valence-electron chi connectivity index (χ2n) is 4.69. The van der Waals surface area contributed by atoms with Crippen molar-refractivity contribution in [2.24, 2.45) is 11.7 Å². The number of nitrogens with zero attached hydrogens (tertiary/aromatic N) is 2. The Balaban J connectivity index is 0.00000220. The summed E-state index contributed by atoms with van der Waals surface area (Å²) in [4.78, 5) is 11.9. The number of benzene rings is 1. The maximum atomic E-state index is 13.0. The van der Waals surface area contributed by atoms with Gasteiger partial charge in [0.2, 0.25) is 5.91 Å². The van der Waals surface area contributed by atoms with Gasteiger partial charge >= 0.3 is 0 Å². The fourth-order valence-corrected chi connectivity index (χ4v) is 1.72. The van der Waals surface area contributed by atoms with Crippen LogP contribution in [-0.4, -0.2) is 22.2 Å². The van der Waals surface area contributed by atoms with E-state index in [-0.39, 0.29) is 36.6 Å². The number of carbonyl (C=O) groups is 1. The molecule has 0 saturated heterocycles. The van der Waals surface area contributed by atoms with Crippen LogP contribution in [-0.2, 0) is 4.79 Å². The van der Waals surface area contributed by atoms with Gasteiger partial charge in [-0.1, -0.05) is 6.92 Å². The standard InChI is InChI=1S/C14H17FN4O.ClH/c1-9(8-16)14(20)17-13-7-10(2)18-19(13)12-5-3-11(15)4-6-12;/h3-7,9H,8,16H2,1-2H3,(H,17,20);1H. The van der Waals surface area contributed by atoms with Gasteiger partial charge in [-0.25, -0.2) is 9.07 Å². The molecule has 0 bridgehead atoms. The van der Waals surface area contributed by atoms with E-state index in [0.717, 1.165) is 5.69 Å². The Morgan fingerprint density at radius 1 is 1.43 bits per heavy atom. The van der Waals surface area contributed by atoms with Crippen LogP contribution in [0.3, 0.4) is 0 Å². The number of halogens is 2. The number of amides is 1. The first-order valence-electron chi connectivity index (χ1n) is 6.35. The Morgan fingerprint density at radius 3 is 2.62 bits per heavy atom. The van der Waals surface area contributed by atoms with Crippen molar-refractivity contribution in [3.05, 3.63) is 41.8 Å². The molecular formula is C14H18ClFN4O. The highest BCUT2D eigenvalue weighted by Crippen LogP contribution is 2.18. The fraction of sp³-hybridized carbons (Fsp3) is 0.286. The van der Waals surface area contributed by atoms with Gasteiger partial charge in [0.25, 0.3) is 0 Å². The van der Waals surface area contributed by atoms with Gasteiger partial charge < -0.3 is 11.1 Å². The molecule has 0 radical (unpaired) electrons. The molecule has 5 nitrogen and oxygen atoms in total. The molecule has 1 heterocycles. The van der Waals surface area contributed by atoms with Crippen molar-refractivity contribution in [1.29, 1.82) is 0 Å². The number of nitrogens with one attached hydrogen (secondary N) is 1. The van der Waals surface area contributed by atoms with Crippen LogP contribution >= 0.6 is 12.4 Å². The SMILES string of the molecule is Cc1cc(NC(=O)C(C)CN)n(-c2ccc(F)cc2)n1.Cl. The number of aromatic nitrogens is 2. The zero-order chi connectivity index (χ0) is 14.7. The summed E-state index contributed by atoms with van der Waals surface area (Å²) in [5, 5.41) is 7.08. The zero-order valence-electron chi connectivity index (χ0n) is 11.8. The van der Waals surface area contributed by atoms with Gasteiger partial charge in [-0.15, -0.1) is 12.4 Å². The molecular weight excluding hydrogens is 295 g/mol. The van der Waals surface area contributed by atoms with E-state index in [1.807, 2.05) is 6.92 Å². The maximum absolute atomic E-state index is 13.0. The average molecular weight is 313 g/mol. The summed E-state index contributed by atoms with van der Waals surface area (Å²) in [5.74, 6) is -0.234. The molecule has 7 heteroatoms. The lowest BCUT2D eigenvalue weighted by molar-refractivity contribution is -0.119. The quantitative estimate of drug-likeness (QED) is 0.909. The summed E-state index contributed by atoms with van der Waals surface area (Å²) in [6.45, 7) is 3.85. The Bertz CT molecular complexity index is 612. The smallest absolute Gasteiger partial charge is 0.229 e. The van der Waals surface area contributed by atoms with Gasteiger partial charge in [-0.3, -0.25) is 4.79 Å². The summed E-state index contributed by atoms with van der Waals surface area (Å²) in [5.41, 5.74) is 6.90. The molecule has 2 aromatic rings. The van der Waals surface area contributed by atoms with E-state index in [1.54, 1.807) is 29.8 Å². The van der Waals surface area contributed by atoms with Gasteiger partial charge in [0.05, 0.1) is 11.4 Å². The van der Waals surface area contributed by atoms with E-state index in [1.165, 1.54) is 12.1 Å². The summed E-state index contributed by atoms with van der Waals surface area (Å²) in [6.07, 6.45) is 0. The molecule has 1 aromatic heterocycles. The molecule has 0 fully saturated rings. The monoisotopic (exact) mass is 312 g/mol. The molecule has 0 aliphatic carbocycles. The van der Waals surface area contributed by atoms with Crippen LogP contribution in [0.4, 0.5) is 10.2 Å². The van der Waals surface area contributed by atoms with Crippen LogP contribution < -0.4 is 11.1 Å². The van der Waals surface area contributed by atoms with E-state index in [9.17, 15) is 9.18 Å². The Labute approximate surface area is 128 Å². The van der Waals surface area contributed by atoms with Crippen molar-refractivity contribution in [1.82, 2.24) is 9.78 Å². The van der Waals surface area contributed by atoms with Gasteiger partial charge in [0.1, 0.15) is 11.6 Å². The van der Waals surface area contributed by atoms with E-state index < -0.39 is 0 Å². The first-order valence-corrected chi connectivity index (χ1v) is 6.35. The van der Waals surface area contributed by atoms with Crippen LogP contribution in [0, 0.1) is 18.7 Å². The number of rotatable bonds is 4. The van der Waals surface area contributed by atoms with Crippen molar-refractivity contribution in [2.75, 3.05) is 11.9 Å². The molecule has 3 N–H and O–H groups in total. The lowest BCUT2D eigenvalue weighted by Gasteiger charge is -2.11. The predicted molar refractivity (Wildman–Crippen MR) is 82.4 cm³/mol. The molecule has 1 aromatic carbocycles. The third-order valence-electron chi connectivity index (χ3n) is 2.96. The van der Waals surface area contributed by atoms with Gasteiger partial charge in [0.15, 0.2) is 0 Å². The summed E-state index contributed by atoms with van der Waals surface area (Å²) >= 11 is 0. The molecule has 114 valence electrons. The maximum Gasteiger partial charge on any atom is 0.229 e. The van der Waals surface area contributed by atoms with Gasteiger partial charge in [0, 0.05) is 18.5 Å². The van der Waals surface area contributed by atoms with Crippen LogP contribution in [0.1, 0.15) is 12.6 Å². The summed E-state index contributed by atoms with van der Waals surface area (Å²) in [6, 6.07) is 7.65. The largest absolute Gasteiger partial charge is 0.330 e. The normalized spacial score (nSPS) is 11.6. The predicted octanol–water partition coefficient (Wildman–Crippen LogP) is 2.27. The van der Waals surface area contributed by atoms with Crippen molar-refractivity contribution in [3.8, 4) is 5.69 Å². The first-order chi connectivity index (χ1) is 9.51. The topological polar surface area (TPSA) is 72.9 Å². The minimum absolute atomic E-state index is 0. The van der Waals surface area contributed by atoms with Gasteiger partial charge in [-0.05, 0) is 31.2 Å². The molecule has 1 unspecified atom stereocenters. The fourth-order valence-electron chi connectivity index (χ4n) is 1.72. The van der Waals surface area contributed by atoms with Crippen LogP contribution in [0.2, 0.25) is 0 Å². The van der Waals surface area contributed by atoms with E-state index in [4.69, 9.17) is 5.73 Å². The van der Waals surface area contributed by atoms with Crippen molar-refractivity contribution >= 4 is 24.1 Å². The number of nitrogens with two attached hydrogens (primary N) is 1. The molecule has 2 rings (SSSR count). The minimum Gasteiger partial charge on any atom is -0.330 e. The number of hydrogen-bond donors (Lipinski definition) is 2. The van der Waals surface area contributed by atoms with Crippen molar-refractivity contribution in [3.63, 3.8) is 0 Å². The third kappa shape index (κ3) is 4.03. The van der Waals surface area contributed by atoms with Crippen molar-refractivity contribution in [2.45, 2.75) is 13.8 Å². The van der Waals surface area contributed by atoms with Crippen LogP contribution in [0.25, 0.3) is 5.69 Å². The lowest BCUT2D eigenvalue weighted by atomic mass is 10.2. The van der Waals surface area contributed by atoms with E-state index in [0.29, 0.717) is 11.5 Å². The molecule has 0 spiro atoms. The first kappa shape index (κ1) is 17.1. The Kier molecular flexibility index (Phi) is 5.87.